The molecule has 1 aromatic heterocycles. The van der Waals surface area contributed by atoms with Gasteiger partial charge >= 0.3 is 0 Å². The van der Waals surface area contributed by atoms with Gasteiger partial charge in [0.2, 0.25) is 0 Å². The maximum absolute atomic E-state index is 11.4. The average molecular weight is 483 g/mol. The lowest BCUT2D eigenvalue weighted by molar-refractivity contribution is -0.384. The smallest absolute Gasteiger partial charge is 0.288 e. The number of benzene rings is 2. The van der Waals surface area contributed by atoms with Crippen LogP contribution < -0.4 is 0 Å². The van der Waals surface area contributed by atoms with Gasteiger partial charge in [-0.05, 0) is 78.9 Å². The van der Waals surface area contributed by atoms with E-state index in [0.717, 1.165) is 48.5 Å². The van der Waals surface area contributed by atoms with Gasteiger partial charge in [-0.1, -0.05) is 43.1 Å². The Kier molecular flexibility index (Phi) is 8.38. The molecule has 0 bridgehead atoms. The predicted molar refractivity (Wildman–Crippen MR) is 134 cm³/mol. The summed E-state index contributed by atoms with van der Waals surface area (Å²) in [6.45, 7) is 6.58. The number of hydrogen-bond donors (Lipinski definition) is 0. The van der Waals surface area contributed by atoms with Crippen molar-refractivity contribution in [1.29, 1.82) is 0 Å². The zero-order valence-corrected chi connectivity index (χ0v) is 20.3. The molecule has 0 spiro atoms. The van der Waals surface area contributed by atoms with Gasteiger partial charge in [0.1, 0.15) is 10.8 Å². The van der Waals surface area contributed by atoms with E-state index in [1.807, 2.05) is 24.3 Å². The van der Waals surface area contributed by atoms with Crippen molar-refractivity contribution in [1.82, 2.24) is 4.90 Å². The highest BCUT2D eigenvalue weighted by Crippen LogP contribution is 2.32. The summed E-state index contributed by atoms with van der Waals surface area (Å²) < 4.78 is 11.7. The largest absolute Gasteiger partial charge is 0.469 e. The van der Waals surface area contributed by atoms with E-state index in [4.69, 9.17) is 20.8 Å². The molecule has 6 nitrogen and oxygen atoms in total. The molecular formula is C27H31ClN2O4. The first-order chi connectivity index (χ1) is 16.5. The molecule has 0 N–H and O–H groups in total. The van der Waals surface area contributed by atoms with E-state index in [0.29, 0.717) is 13.2 Å². The molecule has 3 aromatic rings. The molecule has 34 heavy (non-hydrogen) atoms. The number of furan rings is 1. The molecule has 4 rings (SSSR count). The average Bonchev–Trinajstić information content (AvgIpc) is 3.39. The van der Waals surface area contributed by atoms with Crippen LogP contribution in [-0.4, -0.2) is 36.1 Å². The second-order valence-electron chi connectivity index (χ2n) is 8.98. The molecule has 1 unspecified atom stereocenters. The third-order valence-electron chi connectivity index (χ3n) is 6.50. The van der Waals surface area contributed by atoms with Crippen LogP contribution in [0.4, 0.5) is 5.69 Å². The number of piperidine rings is 1. The van der Waals surface area contributed by atoms with Crippen LogP contribution in [0.2, 0.25) is 5.02 Å². The number of rotatable bonds is 10. The summed E-state index contributed by atoms with van der Waals surface area (Å²) in [5.74, 6) is 1.18. The molecule has 1 atom stereocenters. The first kappa shape index (κ1) is 24.5. The van der Waals surface area contributed by atoms with Crippen molar-refractivity contribution in [3.05, 3.63) is 86.8 Å². The fourth-order valence-corrected chi connectivity index (χ4v) is 4.72. The summed E-state index contributed by atoms with van der Waals surface area (Å²) in [4.78, 5) is 13.4. The van der Waals surface area contributed by atoms with Crippen LogP contribution >= 0.6 is 11.6 Å². The maximum atomic E-state index is 11.4. The van der Waals surface area contributed by atoms with Crippen LogP contribution in [0.15, 0.2) is 59.2 Å². The summed E-state index contributed by atoms with van der Waals surface area (Å²) >= 11 is 6.02. The summed E-state index contributed by atoms with van der Waals surface area (Å²) in [5, 5.41) is 11.5. The second-order valence-corrected chi connectivity index (χ2v) is 9.39. The van der Waals surface area contributed by atoms with Crippen molar-refractivity contribution in [3.8, 4) is 11.1 Å². The van der Waals surface area contributed by atoms with Gasteiger partial charge in [0, 0.05) is 18.5 Å². The Bertz CT molecular complexity index is 1090. The van der Waals surface area contributed by atoms with Crippen molar-refractivity contribution in [2.24, 2.45) is 0 Å². The molecule has 1 aliphatic rings. The van der Waals surface area contributed by atoms with Gasteiger partial charge in [-0.3, -0.25) is 10.1 Å². The van der Waals surface area contributed by atoms with Crippen LogP contribution in [-0.2, 0) is 17.8 Å². The minimum atomic E-state index is -0.449. The first-order valence-corrected chi connectivity index (χ1v) is 12.3. The van der Waals surface area contributed by atoms with Crippen molar-refractivity contribution < 1.29 is 14.1 Å². The molecule has 0 aliphatic carbocycles. The lowest BCUT2D eigenvalue weighted by Crippen LogP contribution is -2.32. The highest BCUT2D eigenvalue weighted by Gasteiger charge is 2.17. The van der Waals surface area contributed by atoms with Crippen molar-refractivity contribution in [3.63, 3.8) is 0 Å². The minimum absolute atomic E-state index is 0.0889. The van der Waals surface area contributed by atoms with Gasteiger partial charge in [0.05, 0.1) is 24.4 Å². The number of nitrogens with zero attached hydrogens (tertiary/aromatic N) is 2. The van der Waals surface area contributed by atoms with Gasteiger partial charge in [0.15, 0.2) is 0 Å². The zero-order chi connectivity index (χ0) is 23.9. The molecule has 2 heterocycles. The fraction of sp³-hybridized carbons (Fsp3) is 0.407. The second kappa shape index (κ2) is 11.6. The first-order valence-electron chi connectivity index (χ1n) is 11.9. The third-order valence-corrected chi connectivity index (χ3v) is 6.82. The summed E-state index contributed by atoms with van der Waals surface area (Å²) in [5.41, 5.74) is 3.86. The molecule has 1 fully saturated rings. The van der Waals surface area contributed by atoms with E-state index in [1.54, 1.807) is 12.3 Å². The Hall–Kier alpha value is -2.67. The Morgan fingerprint density at radius 1 is 1.09 bits per heavy atom. The third kappa shape index (κ3) is 6.26. The number of nitro benzene ring substituents is 1. The van der Waals surface area contributed by atoms with Crippen LogP contribution in [0.5, 0.6) is 0 Å². The van der Waals surface area contributed by atoms with E-state index in [-0.39, 0.29) is 16.6 Å². The lowest BCUT2D eigenvalue weighted by atomic mass is 9.92. The number of hydrogen-bond acceptors (Lipinski definition) is 5. The van der Waals surface area contributed by atoms with Crippen LogP contribution in [0.25, 0.3) is 11.1 Å². The highest BCUT2D eigenvalue weighted by molar-refractivity contribution is 6.32. The normalized spacial score (nSPS) is 15.4. The van der Waals surface area contributed by atoms with Gasteiger partial charge in [-0.2, -0.15) is 0 Å². The Morgan fingerprint density at radius 2 is 1.85 bits per heavy atom. The Labute approximate surface area is 205 Å². The van der Waals surface area contributed by atoms with Gasteiger partial charge in [-0.25, -0.2) is 0 Å². The number of ether oxygens (including phenoxy) is 1. The molecule has 7 heteroatoms. The van der Waals surface area contributed by atoms with Crippen molar-refractivity contribution >= 4 is 17.3 Å². The van der Waals surface area contributed by atoms with Crippen LogP contribution in [0, 0.1) is 10.1 Å². The maximum Gasteiger partial charge on any atom is 0.288 e. The molecule has 0 saturated carbocycles. The Morgan fingerprint density at radius 3 is 2.59 bits per heavy atom. The quantitative estimate of drug-likeness (QED) is 0.179. The molecule has 1 aliphatic heterocycles. The summed E-state index contributed by atoms with van der Waals surface area (Å²) in [6, 6.07) is 15.0. The van der Waals surface area contributed by atoms with Crippen LogP contribution in [0.3, 0.4) is 0 Å². The standard InChI is InChI=1S/C27H31ClN2O4/c1-20(27-6-5-14-34-27)16-21-7-8-22(23-9-10-25(28)26(18-23)30(31)32)17-24(21)19-33-15-13-29-11-3-2-4-12-29/h5-10,14,17-18,20H,2-4,11-13,15-16,19H2,1H3. The zero-order valence-electron chi connectivity index (χ0n) is 19.5. The van der Waals surface area contributed by atoms with E-state index in [9.17, 15) is 10.1 Å². The van der Waals surface area contributed by atoms with Gasteiger partial charge in [0.25, 0.3) is 5.69 Å². The lowest BCUT2D eigenvalue weighted by Gasteiger charge is -2.26. The van der Waals surface area contributed by atoms with Crippen molar-refractivity contribution in [2.75, 3.05) is 26.2 Å². The molecular weight excluding hydrogens is 452 g/mol. The topological polar surface area (TPSA) is 68.8 Å². The number of halogens is 1. The molecule has 0 radical (unpaired) electrons. The number of nitro groups is 1. The van der Waals surface area contributed by atoms with Gasteiger partial charge in [-0.15, -0.1) is 0 Å². The fourth-order valence-electron chi connectivity index (χ4n) is 4.53. The van der Waals surface area contributed by atoms with E-state index < -0.39 is 4.92 Å². The van der Waals surface area contributed by atoms with Gasteiger partial charge < -0.3 is 14.1 Å². The molecule has 0 amide bonds. The van der Waals surface area contributed by atoms with E-state index in [1.165, 1.54) is 30.9 Å². The van der Waals surface area contributed by atoms with Crippen molar-refractivity contribution in [2.45, 2.75) is 45.1 Å². The van der Waals surface area contributed by atoms with E-state index >= 15 is 0 Å². The molecule has 1 saturated heterocycles. The monoisotopic (exact) mass is 482 g/mol. The molecule has 180 valence electrons. The minimum Gasteiger partial charge on any atom is -0.469 e. The summed E-state index contributed by atoms with van der Waals surface area (Å²) in [7, 11) is 0. The number of likely N-dealkylation sites (tertiary alicyclic amines) is 1. The predicted octanol–water partition coefficient (Wildman–Crippen LogP) is 6.86. The SMILES string of the molecule is CC(Cc1ccc(-c2ccc(Cl)c([N+](=O)[O-])c2)cc1COCCN1CCCCC1)c1ccco1. The van der Waals surface area contributed by atoms with E-state index in [2.05, 4.69) is 24.0 Å². The highest BCUT2D eigenvalue weighted by atomic mass is 35.5. The molecule has 2 aromatic carbocycles. The summed E-state index contributed by atoms with van der Waals surface area (Å²) in [6.07, 6.45) is 6.38. The van der Waals surface area contributed by atoms with Crippen LogP contribution in [0.1, 0.15) is 49.0 Å². The Balaban J connectivity index is 1.53.